The molecule has 3 heterocycles. The molecule has 16 rings (SSSR count). The zero-order valence-electron chi connectivity index (χ0n) is 65.8. The van der Waals surface area contributed by atoms with Crippen LogP contribution in [-0.4, -0.2) is 32.3 Å². The predicted octanol–water partition coefficient (Wildman–Crippen LogP) is 26.9. The van der Waals surface area contributed by atoms with Crippen molar-refractivity contribution in [3.05, 3.63) is 414 Å². The molecule has 0 atom stereocenters. The van der Waals surface area contributed by atoms with Crippen LogP contribution in [0.15, 0.2) is 346 Å². The summed E-state index contributed by atoms with van der Waals surface area (Å²) in [5, 5.41) is 0. The fourth-order valence-corrected chi connectivity index (χ4v) is 15.2. The molecule has 0 saturated carbocycles. The standard InChI is InChI=1S/C108H84N3O3.Ir/c1-106(2,3)85-52-55-109-100(67-85)76-46-49-94(97(64-76)103(112)79-37-25-34-73(58-79)70-28-13-10-14-29-70)91-43-22-19-40-88(91)82-61-83(89-41-20-23-44-92(89)95-50-47-77(101-68-86(53-56-110-101)107(4,5)6)65-98(95)104(113)80-38-26-35-74(59-80)71-30-15-11-16-31-71)63-84(62-82)90-42-21-24-45-93(90)96-51-48-78(102-69-87(54-57-111-102)108(7,8)9)66-99(96)105(114)81-39-27-36-75(60-81)72-32-17-12-18-33-72;/h10-45,49-69H,1-9H3;/q-3;+3. The van der Waals surface area contributed by atoms with Gasteiger partial charge in [0.15, 0.2) is 17.3 Å². The van der Waals surface area contributed by atoms with Gasteiger partial charge in [-0.1, -0.05) is 349 Å². The van der Waals surface area contributed by atoms with E-state index in [9.17, 15) is 0 Å². The summed E-state index contributed by atoms with van der Waals surface area (Å²) in [5.41, 5.74) is 25.2. The molecule has 0 aliphatic carbocycles. The van der Waals surface area contributed by atoms with E-state index in [1.54, 1.807) is 0 Å². The maximum atomic E-state index is 16.0. The Morgan fingerprint density at radius 3 is 0.739 bits per heavy atom. The van der Waals surface area contributed by atoms with Crippen LogP contribution in [0.25, 0.3) is 134 Å². The van der Waals surface area contributed by atoms with Gasteiger partial charge < -0.3 is 15.0 Å². The molecule has 558 valence electrons. The number of rotatable bonds is 18. The van der Waals surface area contributed by atoms with Gasteiger partial charge in [-0.15, -0.1) is 71.3 Å². The zero-order valence-corrected chi connectivity index (χ0v) is 68.2. The van der Waals surface area contributed by atoms with Crippen LogP contribution in [0.5, 0.6) is 0 Å². The largest absolute Gasteiger partial charge is 3.00 e. The van der Waals surface area contributed by atoms with Crippen LogP contribution in [0.3, 0.4) is 0 Å². The zero-order chi connectivity index (χ0) is 78.8. The molecule has 0 bridgehead atoms. The average Bonchev–Trinajstić information content (AvgIpc) is 0.758. The third-order valence-electron chi connectivity index (χ3n) is 21.5. The fourth-order valence-electron chi connectivity index (χ4n) is 15.2. The van der Waals surface area contributed by atoms with Gasteiger partial charge in [-0.3, -0.25) is 14.4 Å². The van der Waals surface area contributed by atoms with Crippen molar-refractivity contribution in [1.29, 1.82) is 0 Å². The third-order valence-corrected chi connectivity index (χ3v) is 21.5. The minimum Gasteiger partial charge on any atom is -0.305 e. The molecule has 0 aliphatic heterocycles. The van der Waals surface area contributed by atoms with Crippen LogP contribution in [0.4, 0.5) is 0 Å². The van der Waals surface area contributed by atoms with E-state index in [-0.39, 0.29) is 53.7 Å². The number of hydrogen-bond acceptors (Lipinski definition) is 6. The van der Waals surface area contributed by atoms with E-state index in [1.165, 1.54) is 0 Å². The molecule has 16 aromatic rings. The van der Waals surface area contributed by atoms with Gasteiger partial charge in [0.1, 0.15) is 0 Å². The minimum absolute atomic E-state index is 0. The SMILES string of the molecule is CC(C)(C)c1ccnc(-c2[c-]cc(-c3ccccc3-c3cc(-c4ccccc4-c4c[c-]c(-c5cc(C(C)(C)C)ccn5)cc4C(=O)c4cccc(-c5ccccc5)c4)cc(-c4ccccc4-c4c[c-]c(-c5cc(C(C)(C)C)ccn5)cc4C(=O)c4cccc(-c5ccccc5)c4)c3)c(C(=O)c3cccc(-c4ccccc4)c3)c2)c1.[Ir+3]. The Kier molecular flexibility index (Phi) is 21.9. The molecular weight excluding hydrogens is 1580 g/mol. The Hall–Kier alpha value is -13.0. The van der Waals surface area contributed by atoms with E-state index in [4.69, 9.17) is 15.0 Å². The number of hydrogen-bond donors (Lipinski definition) is 0. The molecule has 0 N–H and O–H groups in total. The molecule has 0 amide bonds. The van der Waals surface area contributed by atoms with E-state index in [1.807, 2.05) is 237 Å². The summed E-state index contributed by atoms with van der Waals surface area (Å²) in [6.07, 6.45) is 5.50. The first-order valence-electron chi connectivity index (χ1n) is 38.8. The summed E-state index contributed by atoms with van der Waals surface area (Å²) in [6.45, 7) is 19.6. The predicted molar refractivity (Wildman–Crippen MR) is 467 cm³/mol. The van der Waals surface area contributed by atoms with Gasteiger partial charge >= 0.3 is 20.1 Å². The van der Waals surface area contributed by atoms with Crippen molar-refractivity contribution in [2.24, 2.45) is 0 Å². The Morgan fingerprint density at radius 1 is 0.235 bits per heavy atom. The second kappa shape index (κ2) is 32.6. The van der Waals surface area contributed by atoms with Crippen LogP contribution < -0.4 is 0 Å². The molecule has 0 spiro atoms. The van der Waals surface area contributed by atoms with Crippen molar-refractivity contribution in [3.63, 3.8) is 0 Å². The number of ketones is 3. The molecule has 6 nitrogen and oxygen atoms in total. The smallest absolute Gasteiger partial charge is 0.305 e. The van der Waals surface area contributed by atoms with Gasteiger partial charge in [-0.05, 0) is 171 Å². The van der Waals surface area contributed by atoms with Gasteiger partial charge in [0.05, 0.1) is 0 Å². The number of pyridine rings is 3. The Balaban J connectivity index is 0.0000104. The van der Waals surface area contributed by atoms with Gasteiger partial charge in [0, 0.05) is 35.3 Å². The Bertz CT molecular complexity index is 5730. The fraction of sp³-hybridized carbons (Fsp3) is 0.111. The quantitative estimate of drug-likeness (QED) is 0.0628. The average molecular weight is 1660 g/mol. The van der Waals surface area contributed by atoms with Crippen molar-refractivity contribution in [1.82, 2.24) is 15.0 Å². The molecule has 0 fully saturated rings. The van der Waals surface area contributed by atoms with Gasteiger partial charge in [0.25, 0.3) is 0 Å². The first kappa shape index (κ1) is 77.3. The molecule has 115 heavy (non-hydrogen) atoms. The van der Waals surface area contributed by atoms with Crippen LogP contribution in [-0.2, 0) is 36.4 Å². The van der Waals surface area contributed by atoms with Crippen molar-refractivity contribution < 1.29 is 34.5 Å². The van der Waals surface area contributed by atoms with E-state index in [2.05, 4.69) is 190 Å². The minimum atomic E-state index is -0.175. The second-order valence-corrected chi connectivity index (χ2v) is 32.3. The van der Waals surface area contributed by atoms with Gasteiger partial charge in [-0.2, -0.15) is 0 Å². The molecule has 3 aromatic heterocycles. The maximum absolute atomic E-state index is 16.0. The number of nitrogens with zero attached hydrogens (tertiary/aromatic N) is 3. The number of carbonyl (C=O) groups is 3. The van der Waals surface area contributed by atoms with Crippen molar-refractivity contribution in [3.8, 4) is 134 Å². The Labute approximate surface area is 688 Å². The molecule has 7 heteroatoms. The third kappa shape index (κ3) is 16.5. The molecule has 0 aliphatic rings. The van der Waals surface area contributed by atoms with Crippen LogP contribution in [0, 0.1) is 18.2 Å². The Morgan fingerprint density at radius 2 is 0.478 bits per heavy atom. The summed E-state index contributed by atoms with van der Waals surface area (Å²) in [4.78, 5) is 62.8. The summed E-state index contributed by atoms with van der Waals surface area (Å²) < 4.78 is 0. The summed E-state index contributed by atoms with van der Waals surface area (Å²) in [5.74, 6) is -0.479. The van der Waals surface area contributed by atoms with Crippen LogP contribution in [0.1, 0.15) is 127 Å². The number of carbonyl (C=O) groups excluding carboxylic acids is 3. The van der Waals surface area contributed by atoms with Gasteiger partial charge in [-0.25, -0.2) is 0 Å². The van der Waals surface area contributed by atoms with Crippen LogP contribution >= 0.6 is 0 Å². The summed E-state index contributed by atoms with van der Waals surface area (Å²) >= 11 is 0. The van der Waals surface area contributed by atoms with E-state index in [0.717, 1.165) is 100 Å². The van der Waals surface area contributed by atoms with Crippen molar-refractivity contribution in [2.45, 2.75) is 78.6 Å². The first-order chi connectivity index (χ1) is 55.1. The maximum Gasteiger partial charge on any atom is 3.00 e. The van der Waals surface area contributed by atoms with Crippen molar-refractivity contribution in [2.75, 3.05) is 0 Å². The number of benzene rings is 13. The molecule has 0 radical (unpaired) electrons. The molecular formula is C108H84IrN3O3. The van der Waals surface area contributed by atoms with E-state index >= 15 is 14.4 Å². The van der Waals surface area contributed by atoms with Crippen LogP contribution in [0.2, 0.25) is 0 Å². The molecule has 0 unspecified atom stereocenters. The molecule has 0 saturated heterocycles. The number of aromatic nitrogens is 3. The van der Waals surface area contributed by atoms with Gasteiger partial charge in [0.2, 0.25) is 0 Å². The van der Waals surface area contributed by atoms with E-state index in [0.29, 0.717) is 83.8 Å². The monoisotopic (exact) mass is 1660 g/mol. The normalized spacial score (nSPS) is 11.6. The summed E-state index contributed by atoms with van der Waals surface area (Å²) in [6, 6.07) is 121. The summed E-state index contributed by atoms with van der Waals surface area (Å²) in [7, 11) is 0. The first-order valence-corrected chi connectivity index (χ1v) is 38.8. The molecule has 13 aromatic carbocycles. The van der Waals surface area contributed by atoms with Crippen molar-refractivity contribution >= 4 is 17.3 Å². The topological polar surface area (TPSA) is 89.9 Å². The second-order valence-electron chi connectivity index (χ2n) is 32.3. The van der Waals surface area contributed by atoms with E-state index < -0.39 is 0 Å².